The molecule has 122 valence electrons. The van der Waals surface area contributed by atoms with Crippen LogP contribution in [0.1, 0.15) is 18.5 Å². The third-order valence-corrected chi connectivity index (χ3v) is 4.05. The third-order valence-electron chi connectivity index (χ3n) is 4.05. The Morgan fingerprint density at radius 2 is 1.12 bits per heavy atom. The molecule has 24 heavy (non-hydrogen) atoms. The van der Waals surface area contributed by atoms with Gasteiger partial charge in [0.15, 0.2) is 11.6 Å². The molecule has 4 heteroatoms. The summed E-state index contributed by atoms with van der Waals surface area (Å²) in [5.74, 6) is -1.73. The van der Waals surface area contributed by atoms with E-state index in [1.807, 2.05) is 19.1 Å². The van der Waals surface area contributed by atoms with Crippen molar-refractivity contribution in [2.24, 2.45) is 5.73 Å². The Kier molecular flexibility index (Phi) is 4.32. The van der Waals surface area contributed by atoms with Crippen molar-refractivity contribution in [2.45, 2.75) is 13.0 Å². The van der Waals surface area contributed by atoms with Crippen molar-refractivity contribution in [3.63, 3.8) is 0 Å². The highest BCUT2D eigenvalue weighted by Crippen LogP contribution is 2.32. The Bertz CT molecular complexity index is 854. The average molecular weight is 324 g/mol. The molecule has 0 aliphatic rings. The van der Waals surface area contributed by atoms with Crippen LogP contribution in [0.2, 0.25) is 0 Å². The van der Waals surface area contributed by atoms with Gasteiger partial charge in [0.25, 0.3) is 0 Å². The van der Waals surface area contributed by atoms with E-state index in [4.69, 9.17) is 11.5 Å². The quantitative estimate of drug-likeness (QED) is 0.673. The molecule has 0 heterocycles. The van der Waals surface area contributed by atoms with E-state index in [2.05, 4.69) is 0 Å². The lowest BCUT2D eigenvalue weighted by Crippen LogP contribution is -2.04. The summed E-state index contributed by atoms with van der Waals surface area (Å²) in [7, 11) is 0. The van der Waals surface area contributed by atoms with Gasteiger partial charge in [0.05, 0.1) is 0 Å². The SMILES string of the molecule is CC(N)c1ccc(-c2ccc(-c3ccc(N)cc3)c(F)c2F)cc1. The third kappa shape index (κ3) is 3.01. The van der Waals surface area contributed by atoms with Crippen molar-refractivity contribution < 1.29 is 8.78 Å². The maximum Gasteiger partial charge on any atom is 0.167 e. The molecule has 0 fully saturated rings. The molecule has 0 radical (unpaired) electrons. The zero-order chi connectivity index (χ0) is 17.3. The molecule has 2 nitrogen and oxygen atoms in total. The van der Waals surface area contributed by atoms with E-state index in [1.165, 1.54) is 0 Å². The van der Waals surface area contributed by atoms with Crippen molar-refractivity contribution in [2.75, 3.05) is 5.73 Å². The highest BCUT2D eigenvalue weighted by Gasteiger charge is 2.16. The number of halogens is 2. The Morgan fingerprint density at radius 3 is 1.54 bits per heavy atom. The van der Waals surface area contributed by atoms with Crippen molar-refractivity contribution in [1.29, 1.82) is 0 Å². The van der Waals surface area contributed by atoms with E-state index >= 15 is 0 Å². The van der Waals surface area contributed by atoms with Gasteiger partial charge in [0, 0.05) is 22.9 Å². The standard InChI is InChI=1S/C20H18F2N2/c1-12(23)13-2-4-14(5-3-13)17-10-11-18(20(22)19(17)21)15-6-8-16(24)9-7-15/h2-12H,23-24H2,1H3. The second kappa shape index (κ2) is 6.42. The highest BCUT2D eigenvalue weighted by atomic mass is 19.2. The van der Waals surface area contributed by atoms with Crippen molar-refractivity contribution in [3.05, 3.63) is 77.9 Å². The first kappa shape index (κ1) is 16.1. The fourth-order valence-corrected chi connectivity index (χ4v) is 2.62. The number of hydrogen-bond acceptors (Lipinski definition) is 2. The first-order valence-corrected chi connectivity index (χ1v) is 7.67. The van der Waals surface area contributed by atoms with E-state index in [1.54, 1.807) is 48.5 Å². The number of hydrogen-bond donors (Lipinski definition) is 2. The van der Waals surface area contributed by atoms with E-state index in [-0.39, 0.29) is 17.2 Å². The monoisotopic (exact) mass is 324 g/mol. The molecule has 0 saturated heterocycles. The number of nitrogens with two attached hydrogens (primary N) is 2. The van der Waals surface area contributed by atoms with Crippen LogP contribution in [-0.2, 0) is 0 Å². The first-order valence-electron chi connectivity index (χ1n) is 7.67. The van der Waals surface area contributed by atoms with Crippen LogP contribution < -0.4 is 11.5 Å². The number of nitrogen functional groups attached to an aromatic ring is 1. The zero-order valence-corrected chi connectivity index (χ0v) is 13.3. The van der Waals surface area contributed by atoms with Gasteiger partial charge < -0.3 is 11.5 Å². The van der Waals surface area contributed by atoms with Crippen molar-refractivity contribution in [1.82, 2.24) is 0 Å². The molecule has 0 spiro atoms. The lowest BCUT2D eigenvalue weighted by molar-refractivity contribution is 0.514. The molecule has 0 bridgehead atoms. The minimum atomic E-state index is -0.867. The predicted molar refractivity (Wildman–Crippen MR) is 94.2 cm³/mol. The second-order valence-electron chi connectivity index (χ2n) is 5.82. The van der Waals surface area contributed by atoms with E-state index in [0.717, 1.165) is 5.56 Å². The number of anilines is 1. The normalized spacial score (nSPS) is 12.2. The van der Waals surface area contributed by atoms with Crippen LogP contribution in [0.25, 0.3) is 22.3 Å². The van der Waals surface area contributed by atoms with E-state index in [9.17, 15) is 8.78 Å². The molecule has 3 aromatic carbocycles. The summed E-state index contributed by atoms with van der Waals surface area (Å²) in [4.78, 5) is 0. The fourth-order valence-electron chi connectivity index (χ4n) is 2.62. The summed E-state index contributed by atoms with van der Waals surface area (Å²) in [6.07, 6.45) is 0. The summed E-state index contributed by atoms with van der Waals surface area (Å²) in [5, 5.41) is 0. The van der Waals surface area contributed by atoms with Gasteiger partial charge in [-0.05, 0) is 35.7 Å². The van der Waals surface area contributed by atoms with Gasteiger partial charge in [-0.2, -0.15) is 0 Å². The molecule has 0 saturated carbocycles. The minimum Gasteiger partial charge on any atom is -0.399 e. The van der Waals surface area contributed by atoms with Crippen LogP contribution in [0.4, 0.5) is 14.5 Å². The minimum absolute atomic E-state index is 0.103. The smallest absolute Gasteiger partial charge is 0.167 e. The first-order chi connectivity index (χ1) is 11.5. The molecule has 3 rings (SSSR count). The molecule has 0 aliphatic heterocycles. The van der Waals surface area contributed by atoms with Gasteiger partial charge in [-0.15, -0.1) is 0 Å². The summed E-state index contributed by atoms with van der Waals surface area (Å²) in [6, 6.07) is 16.9. The molecule has 1 unspecified atom stereocenters. The molecule has 0 amide bonds. The van der Waals surface area contributed by atoms with Gasteiger partial charge in [-0.3, -0.25) is 0 Å². The van der Waals surface area contributed by atoms with Gasteiger partial charge in [-0.25, -0.2) is 8.78 Å². The van der Waals surface area contributed by atoms with Gasteiger partial charge >= 0.3 is 0 Å². The van der Waals surface area contributed by atoms with Crippen LogP contribution in [0.3, 0.4) is 0 Å². The lowest BCUT2D eigenvalue weighted by Gasteiger charge is -2.11. The van der Waals surface area contributed by atoms with Gasteiger partial charge in [0.2, 0.25) is 0 Å². The van der Waals surface area contributed by atoms with Gasteiger partial charge in [0.1, 0.15) is 0 Å². The maximum atomic E-state index is 14.5. The summed E-state index contributed by atoms with van der Waals surface area (Å²) < 4.78 is 29.1. The predicted octanol–water partition coefficient (Wildman–Crippen LogP) is 4.90. The summed E-state index contributed by atoms with van der Waals surface area (Å²) >= 11 is 0. The highest BCUT2D eigenvalue weighted by molar-refractivity contribution is 5.72. The Morgan fingerprint density at radius 1 is 0.708 bits per heavy atom. The van der Waals surface area contributed by atoms with Gasteiger partial charge in [-0.1, -0.05) is 48.5 Å². The maximum absolute atomic E-state index is 14.5. The lowest BCUT2D eigenvalue weighted by atomic mass is 9.97. The molecular formula is C20H18F2N2. The molecule has 1 atom stereocenters. The number of rotatable bonds is 3. The van der Waals surface area contributed by atoms with Crippen LogP contribution in [-0.4, -0.2) is 0 Å². The van der Waals surface area contributed by atoms with E-state index in [0.29, 0.717) is 16.8 Å². The Hall–Kier alpha value is -2.72. The largest absolute Gasteiger partial charge is 0.399 e. The second-order valence-corrected chi connectivity index (χ2v) is 5.82. The van der Waals surface area contributed by atoms with Crippen molar-refractivity contribution >= 4 is 5.69 Å². The fraction of sp³-hybridized carbons (Fsp3) is 0.100. The Balaban J connectivity index is 2.02. The average Bonchev–Trinajstić information content (AvgIpc) is 2.58. The molecular weight excluding hydrogens is 306 g/mol. The molecule has 4 N–H and O–H groups in total. The van der Waals surface area contributed by atoms with Crippen molar-refractivity contribution in [3.8, 4) is 22.3 Å². The van der Waals surface area contributed by atoms with Crippen LogP contribution in [0.15, 0.2) is 60.7 Å². The summed E-state index contributed by atoms with van der Waals surface area (Å²) in [6.45, 7) is 1.87. The van der Waals surface area contributed by atoms with Crippen LogP contribution in [0, 0.1) is 11.6 Å². The molecule has 0 aromatic heterocycles. The zero-order valence-electron chi connectivity index (χ0n) is 13.3. The van der Waals surface area contributed by atoms with Crippen LogP contribution >= 0.6 is 0 Å². The summed E-state index contributed by atoms with van der Waals surface area (Å²) in [5.41, 5.74) is 14.6. The number of benzene rings is 3. The van der Waals surface area contributed by atoms with Crippen LogP contribution in [0.5, 0.6) is 0 Å². The Labute approximate surface area is 139 Å². The molecule has 3 aromatic rings. The molecule has 0 aliphatic carbocycles. The topological polar surface area (TPSA) is 52.0 Å². The van der Waals surface area contributed by atoms with E-state index < -0.39 is 11.6 Å².